The molecule has 2 aromatic carbocycles. The number of phenols is 1. The fraction of sp³-hybridized carbons (Fsp3) is 0.143. The number of aromatic hydroxyl groups is 1. The maximum atomic E-state index is 13.0. The van der Waals surface area contributed by atoms with Gasteiger partial charge in [-0.15, -0.1) is 11.7 Å². The normalized spacial score (nSPS) is 16.9. The van der Waals surface area contributed by atoms with Crippen molar-refractivity contribution in [3.8, 4) is 5.75 Å². The van der Waals surface area contributed by atoms with E-state index in [0.29, 0.717) is 5.69 Å². The number of thioether (sulfide) groups is 1. The second-order valence-electron chi connectivity index (χ2n) is 6.46. The molecule has 3 amide bonds. The average molecular weight is 442 g/mol. The maximum absolute atomic E-state index is 13.0. The van der Waals surface area contributed by atoms with Gasteiger partial charge in [0.25, 0.3) is 5.91 Å². The van der Waals surface area contributed by atoms with Crippen molar-refractivity contribution in [2.45, 2.75) is 11.7 Å². The highest BCUT2D eigenvalue weighted by Crippen LogP contribution is 2.29. The summed E-state index contributed by atoms with van der Waals surface area (Å²) in [5.74, 6) is -2.04. The molecule has 1 saturated heterocycles. The summed E-state index contributed by atoms with van der Waals surface area (Å²) in [7, 11) is 0. The minimum atomic E-state index is -0.749. The number of phenolic OH excluding ortho intramolecular Hbond substituents is 1. The Hall–Kier alpha value is -3.66. The van der Waals surface area contributed by atoms with E-state index in [1.54, 1.807) is 12.1 Å². The molecule has 0 radical (unpaired) electrons. The van der Waals surface area contributed by atoms with Crippen molar-refractivity contribution in [1.82, 2.24) is 10.3 Å². The van der Waals surface area contributed by atoms with Gasteiger partial charge in [0.15, 0.2) is 5.17 Å². The number of nitrogens with zero attached hydrogens (tertiary/aromatic N) is 2. The van der Waals surface area contributed by atoms with Gasteiger partial charge in [-0.1, -0.05) is 30.0 Å². The minimum absolute atomic E-state index is 0.0340. The van der Waals surface area contributed by atoms with Gasteiger partial charge in [-0.2, -0.15) is 0 Å². The monoisotopic (exact) mass is 442 g/mol. The molecule has 8 nitrogen and oxygen atoms in total. The number of hydrazone groups is 1. The molecule has 1 atom stereocenters. The number of carbonyl (C=O) groups is 3. The van der Waals surface area contributed by atoms with Crippen molar-refractivity contribution in [1.29, 1.82) is 0 Å². The fourth-order valence-electron chi connectivity index (χ4n) is 2.76. The Bertz CT molecular complexity index is 1040. The van der Waals surface area contributed by atoms with Crippen LogP contribution in [0.2, 0.25) is 0 Å². The third-order valence-electron chi connectivity index (χ3n) is 4.23. The molecule has 0 aromatic heterocycles. The quantitative estimate of drug-likeness (QED) is 0.451. The van der Waals surface area contributed by atoms with Crippen molar-refractivity contribution in [2.75, 3.05) is 11.9 Å². The van der Waals surface area contributed by atoms with Crippen LogP contribution >= 0.6 is 11.8 Å². The third kappa shape index (κ3) is 5.48. The first-order valence-corrected chi connectivity index (χ1v) is 10.1. The molecule has 10 heteroatoms. The number of para-hydroxylation sites is 1. The smallest absolute Gasteiger partial charge is 0.275 e. The zero-order valence-electron chi connectivity index (χ0n) is 16.2. The van der Waals surface area contributed by atoms with Crippen molar-refractivity contribution < 1.29 is 23.9 Å². The zero-order valence-corrected chi connectivity index (χ0v) is 17.1. The van der Waals surface area contributed by atoms with E-state index in [0.717, 1.165) is 11.8 Å². The second kappa shape index (κ2) is 9.90. The van der Waals surface area contributed by atoms with Gasteiger partial charge >= 0.3 is 0 Å². The van der Waals surface area contributed by atoms with Crippen LogP contribution in [0.1, 0.15) is 16.8 Å². The summed E-state index contributed by atoms with van der Waals surface area (Å²) in [6.45, 7) is 3.75. The van der Waals surface area contributed by atoms with Gasteiger partial charge < -0.3 is 10.4 Å². The molecule has 0 aliphatic carbocycles. The van der Waals surface area contributed by atoms with Gasteiger partial charge in [0, 0.05) is 18.7 Å². The lowest BCUT2D eigenvalue weighted by atomic mass is 10.2. The number of halogens is 1. The number of hydrogen-bond donors (Lipinski definition) is 3. The standard InChI is InChI=1S/C21H19FN4O4S/c1-2-11-26-20(30)17(12-18(28)23-14-9-7-13(22)8-10-14)31-21(26)25-24-19(29)15-5-3-4-6-16(15)27/h2-10,17,27H,1,11-12H2,(H,23,28)(H,24,29)/b25-21+. The molecule has 1 aliphatic rings. The first-order valence-electron chi connectivity index (χ1n) is 9.19. The molecular formula is C21H19FN4O4S. The highest BCUT2D eigenvalue weighted by atomic mass is 32.2. The van der Waals surface area contributed by atoms with Gasteiger partial charge in [-0.25, -0.2) is 9.82 Å². The van der Waals surface area contributed by atoms with Gasteiger partial charge in [0.2, 0.25) is 11.8 Å². The van der Waals surface area contributed by atoms with E-state index >= 15 is 0 Å². The summed E-state index contributed by atoms with van der Waals surface area (Å²) < 4.78 is 13.0. The molecule has 1 heterocycles. The SMILES string of the molecule is C=CCN1C(=O)C(CC(=O)Nc2ccc(F)cc2)S/C1=N/NC(=O)c1ccccc1O. The van der Waals surface area contributed by atoms with E-state index in [9.17, 15) is 23.9 Å². The predicted octanol–water partition coefficient (Wildman–Crippen LogP) is 2.69. The van der Waals surface area contributed by atoms with Crippen LogP contribution in [-0.2, 0) is 9.59 Å². The first kappa shape index (κ1) is 22.0. The highest BCUT2D eigenvalue weighted by molar-refractivity contribution is 8.15. The van der Waals surface area contributed by atoms with E-state index in [4.69, 9.17) is 0 Å². The first-order chi connectivity index (χ1) is 14.9. The summed E-state index contributed by atoms with van der Waals surface area (Å²) in [5, 5.41) is 15.8. The molecule has 3 N–H and O–H groups in total. The highest BCUT2D eigenvalue weighted by Gasteiger charge is 2.39. The molecule has 1 aliphatic heterocycles. The number of amidine groups is 1. The van der Waals surface area contributed by atoms with E-state index in [1.165, 1.54) is 47.4 Å². The summed E-state index contributed by atoms with van der Waals surface area (Å²) in [4.78, 5) is 38.6. The number of benzene rings is 2. The van der Waals surface area contributed by atoms with Crippen molar-refractivity contribution in [3.63, 3.8) is 0 Å². The molecular weight excluding hydrogens is 423 g/mol. The number of hydrogen-bond acceptors (Lipinski definition) is 6. The lowest BCUT2D eigenvalue weighted by Gasteiger charge is -2.13. The maximum Gasteiger partial charge on any atom is 0.275 e. The van der Waals surface area contributed by atoms with Crippen LogP contribution in [0.3, 0.4) is 0 Å². The van der Waals surface area contributed by atoms with Crippen LogP contribution in [0.5, 0.6) is 5.75 Å². The fourth-order valence-corrected chi connectivity index (χ4v) is 3.87. The number of amides is 3. The molecule has 0 spiro atoms. The van der Waals surface area contributed by atoms with Gasteiger partial charge in [0.05, 0.1) is 5.56 Å². The Morgan fingerprint density at radius 2 is 1.94 bits per heavy atom. The van der Waals surface area contributed by atoms with E-state index in [-0.39, 0.29) is 35.4 Å². The lowest BCUT2D eigenvalue weighted by molar-refractivity contribution is -0.127. The van der Waals surface area contributed by atoms with Crippen LogP contribution in [0.15, 0.2) is 66.3 Å². The Balaban J connectivity index is 1.67. The zero-order chi connectivity index (χ0) is 22.4. The van der Waals surface area contributed by atoms with Crippen LogP contribution in [0.25, 0.3) is 0 Å². The largest absolute Gasteiger partial charge is 0.507 e. The third-order valence-corrected chi connectivity index (χ3v) is 5.41. The van der Waals surface area contributed by atoms with E-state index in [2.05, 4.69) is 22.4 Å². The molecule has 160 valence electrons. The number of anilines is 1. The Morgan fingerprint density at radius 1 is 1.23 bits per heavy atom. The molecule has 0 saturated carbocycles. The second-order valence-corrected chi connectivity index (χ2v) is 7.63. The summed E-state index contributed by atoms with van der Waals surface area (Å²) in [5.41, 5.74) is 2.76. The summed E-state index contributed by atoms with van der Waals surface area (Å²) in [6.07, 6.45) is 1.36. The van der Waals surface area contributed by atoms with Crippen LogP contribution in [0, 0.1) is 5.82 Å². The van der Waals surface area contributed by atoms with Crippen molar-refractivity contribution >= 4 is 40.3 Å². The van der Waals surface area contributed by atoms with Crippen molar-refractivity contribution in [3.05, 3.63) is 72.6 Å². The molecule has 0 bridgehead atoms. The molecule has 1 fully saturated rings. The topological polar surface area (TPSA) is 111 Å². The van der Waals surface area contributed by atoms with Crippen molar-refractivity contribution in [2.24, 2.45) is 5.10 Å². The van der Waals surface area contributed by atoms with Crippen LogP contribution < -0.4 is 10.7 Å². The molecule has 2 aromatic rings. The van der Waals surface area contributed by atoms with Gasteiger partial charge in [0.1, 0.15) is 16.8 Å². The minimum Gasteiger partial charge on any atom is -0.507 e. The number of carbonyl (C=O) groups excluding carboxylic acids is 3. The molecule has 1 unspecified atom stereocenters. The Kier molecular flexibility index (Phi) is 7.03. The lowest BCUT2D eigenvalue weighted by Crippen LogP contribution is -2.34. The average Bonchev–Trinajstić information content (AvgIpc) is 3.03. The van der Waals surface area contributed by atoms with E-state index < -0.39 is 22.9 Å². The van der Waals surface area contributed by atoms with Gasteiger partial charge in [-0.05, 0) is 36.4 Å². The molecule has 3 rings (SSSR count). The number of rotatable bonds is 7. The predicted molar refractivity (Wildman–Crippen MR) is 116 cm³/mol. The Morgan fingerprint density at radius 3 is 2.61 bits per heavy atom. The van der Waals surface area contributed by atoms with Crippen LogP contribution in [-0.4, -0.2) is 44.7 Å². The molecule has 31 heavy (non-hydrogen) atoms. The Labute approximate surface area is 181 Å². The summed E-state index contributed by atoms with van der Waals surface area (Å²) >= 11 is 1.03. The van der Waals surface area contributed by atoms with Crippen LogP contribution in [0.4, 0.5) is 10.1 Å². The number of nitrogens with one attached hydrogen (secondary N) is 2. The van der Waals surface area contributed by atoms with E-state index in [1.807, 2.05) is 0 Å². The summed E-state index contributed by atoms with van der Waals surface area (Å²) in [6, 6.07) is 11.2. The van der Waals surface area contributed by atoms with Gasteiger partial charge in [-0.3, -0.25) is 19.3 Å².